The van der Waals surface area contributed by atoms with E-state index in [2.05, 4.69) is 10.0 Å². The lowest BCUT2D eigenvalue weighted by molar-refractivity contribution is -0.137. The van der Waals surface area contributed by atoms with Crippen LogP contribution in [0.1, 0.15) is 45.4 Å². The van der Waals surface area contributed by atoms with Crippen LogP contribution < -0.4 is 39.4 Å². The fraction of sp³-hybridized carbons (Fsp3) is 0.447. The van der Waals surface area contributed by atoms with Crippen LogP contribution in [0, 0.1) is 0 Å². The lowest BCUT2D eigenvalue weighted by Crippen LogP contribution is -2.36. The summed E-state index contributed by atoms with van der Waals surface area (Å²) in [5.74, 6) is 1.04. The molecule has 0 aliphatic heterocycles. The standard InChI is InChI=1S/C38H51N5O11S/c1-7-17-52-26-19-27(53-18-11-10-16-41(2)25-36(44)39-15-9-8-12-37(45)46)21-28(20-26)54-34-24-32-31(42(3)38(47)43(32)4)23-30(34)40-55(48,49)29-13-14-33(50-5)35(22-29)51-6/h13-14,19-24,40H,7-12,15-18,25H2,1-6H3,(H,39,44)(H,45,46). The van der Waals surface area contributed by atoms with Crippen molar-refractivity contribution in [2.24, 2.45) is 14.1 Å². The Morgan fingerprint density at radius 2 is 1.47 bits per heavy atom. The molecule has 1 heterocycles. The molecule has 0 saturated heterocycles. The Balaban J connectivity index is 1.50. The van der Waals surface area contributed by atoms with Gasteiger partial charge in [0.25, 0.3) is 10.0 Å². The number of ether oxygens (including phenoxy) is 5. The van der Waals surface area contributed by atoms with Gasteiger partial charge >= 0.3 is 11.7 Å². The Morgan fingerprint density at radius 1 is 0.818 bits per heavy atom. The van der Waals surface area contributed by atoms with Crippen molar-refractivity contribution in [2.45, 2.75) is 50.3 Å². The maximum atomic E-state index is 13.7. The van der Waals surface area contributed by atoms with Gasteiger partial charge in [-0.3, -0.25) is 28.3 Å². The molecule has 0 spiro atoms. The molecule has 1 amide bonds. The first-order chi connectivity index (χ1) is 26.3. The number of fused-ring (bicyclic) bond motifs is 1. The molecule has 0 aliphatic carbocycles. The molecule has 0 bridgehead atoms. The average Bonchev–Trinajstić information content (AvgIpc) is 3.35. The van der Waals surface area contributed by atoms with Crippen LogP contribution in [0.5, 0.6) is 34.5 Å². The summed E-state index contributed by atoms with van der Waals surface area (Å²) in [6, 6.07) is 12.5. The number of hydrogen-bond donors (Lipinski definition) is 3. The molecule has 55 heavy (non-hydrogen) atoms. The first-order valence-corrected chi connectivity index (χ1v) is 19.4. The van der Waals surface area contributed by atoms with Gasteiger partial charge in [-0.2, -0.15) is 0 Å². The number of rotatable bonds is 23. The van der Waals surface area contributed by atoms with Gasteiger partial charge in [-0.15, -0.1) is 0 Å². The van der Waals surface area contributed by atoms with Crippen LogP contribution >= 0.6 is 0 Å². The highest BCUT2D eigenvalue weighted by Crippen LogP contribution is 2.38. The normalized spacial score (nSPS) is 11.4. The summed E-state index contributed by atoms with van der Waals surface area (Å²) in [4.78, 5) is 37.5. The molecule has 1 aromatic heterocycles. The summed E-state index contributed by atoms with van der Waals surface area (Å²) in [6.45, 7) is 4.13. The van der Waals surface area contributed by atoms with Gasteiger partial charge in [0.1, 0.15) is 17.2 Å². The summed E-state index contributed by atoms with van der Waals surface area (Å²) in [5, 5.41) is 11.5. The van der Waals surface area contributed by atoms with Gasteiger partial charge in [-0.1, -0.05) is 6.92 Å². The van der Waals surface area contributed by atoms with E-state index in [0.717, 1.165) is 12.8 Å². The maximum Gasteiger partial charge on any atom is 0.328 e. The third kappa shape index (κ3) is 11.8. The van der Waals surface area contributed by atoms with Gasteiger partial charge in [-0.05, 0) is 63.9 Å². The molecule has 300 valence electrons. The number of anilines is 1. The van der Waals surface area contributed by atoms with Crippen molar-refractivity contribution in [3.63, 3.8) is 0 Å². The first-order valence-electron chi connectivity index (χ1n) is 18.0. The minimum Gasteiger partial charge on any atom is -0.493 e. The van der Waals surface area contributed by atoms with E-state index in [1.807, 2.05) is 18.9 Å². The number of benzene rings is 3. The molecule has 3 N–H and O–H groups in total. The highest BCUT2D eigenvalue weighted by Gasteiger charge is 2.22. The zero-order chi connectivity index (χ0) is 40.1. The topological polar surface area (TPSA) is 189 Å². The predicted octanol–water partition coefficient (Wildman–Crippen LogP) is 4.74. The van der Waals surface area contributed by atoms with Crippen LogP contribution in [-0.2, 0) is 33.7 Å². The summed E-state index contributed by atoms with van der Waals surface area (Å²) in [7, 11) is 3.75. The number of amides is 1. The number of nitrogens with one attached hydrogen (secondary N) is 2. The molecule has 0 fully saturated rings. The predicted molar refractivity (Wildman–Crippen MR) is 208 cm³/mol. The molecule has 0 aliphatic rings. The number of carbonyl (C=O) groups excluding carboxylic acids is 1. The number of carboxylic acids is 1. The van der Waals surface area contributed by atoms with E-state index in [1.165, 1.54) is 41.6 Å². The van der Waals surface area contributed by atoms with Crippen molar-refractivity contribution < 1.29 is 46.8 Å². The molecule has 0 atom stereocenters. The third-order valence-corrected chi connectivity index (χ3v) is 9.96. The summed E-state index contributed by atoms with van der Waals surface area (Å²) in [5.41, 5.74) is 0.783. The molecular formula is C38H51N5O11S. The van der Waals surface area contributed by atoms with Crippen LogP contribution in [0.15, 0.2) is 58.2 Å². The zero-order valence-corrected chi connectivity index (χ0v) is 33.0. The Labute approximate surface area is 320 Å². The van der Waals surface area contributed by atoms with E-state index in [9.17, 15) is 22.8 Å². The molecule has 16 nitrogen and oxygen atoms in total. The van der Waals surface area contributed by atoms with E-state index >= 15 is 0 Å². The lowest BCUT2D eigenvalue weighted by atomic mass is 10.2. The second kappa shape index (κ2) is 19.8. The van der Waals surface area contributed by atoms with Gasteiger partial charge in [0.15, 0.2) is 17.2 Å². The van der Waals surface area contributed by atoms with Crippen molar-refractivity contribution in [3.05, 3.63) is 59.0 Å². The fourth-order valence-electron chi connectivity index (χ4n) is 5.68. The van der Waals surface area contributed by atoms with E-state index in [-0.39, 0.29) is 46.6 Å². The average molecular weight is 786 g/mol. The quantitative estimate of drug-likeness (QED) is 0.0879. The number of sulfonamides is 1. The fourth-order valence-corrected chi connectivity index (χ4v) is 6.75. The third-order valence-electron chi connectivity index (χ3n) is 8.59. The maximum absolute atomic E-state index is 13.7. The number of aryl methyl sites for hydroxylation is 2. The van der Waals surface area contributed by atoms with Crippen molar-refractivity contribution in [2.75, 3.05) is 58.8 Å². The second-order valence-corrected chi connectivity index (χ2v) is 14.6. The Morgan fingerprint density at radius 3 is 2.13 bits per heavy atom. The number of methoxy groups -OCH3 is 2. The number of carbonyl (C=O) groups is 2. The van der Waals surface area contributed by atoms with E-state index in [1.54, 1.807) is 44.4 Å². The van der Waals surface area contributed by atoms with Gasteiger partial charge < -0.3 is 34.1 Å². The number of imidazole rings is 1. The SMILES string of the molecule is CCCOc1cc(OCCCCN(C)CC(=O)NCCCCC(=O)O)cc(Oc2cc3c(cc2NS(=O)(=O)c2ccc(OC)c(OC)c2)n(C)c(=O)n3C)c1. The van der Waals surface area contributed by atoms with E-state index < -0.39 is 16.0 Å². The van der Waals surface area contributed by atoms with Gasteiger partial charge in [-0.25, -0.2) is 13.2 Å². The smallest absolute Gasteiger partial charge is 0.328 e. The molecule has 4 aromatic rings. The van der Waals surface area contributed by atoms with Crippen LogP contribution in [0.4, 0.5) is 5.69 Å². The van der Waals surface area contributed by atoms with Crippen molar-refractivity contribution in [1.82, 2.24) is 19.4 Å². The van der Waals surface area contributed by atoms with Crippen molar-refractivity contribution >= 4 is 38.6 Å². The molecule has 17 heteroatoms. The second-order valence-electron chi connectivity index (χ2n) is 12.9. The summed E-state index contributed by atoms with van der Waals surface area (Å²) < 4.78 is 61.9. The summed E-state index contributed by atoms with van der Waals surface area (Å²) in [6.07, 6.45) is 3.43. The highest BCUT2D eigenvalue weighted by molar-refractivity contribution is 7.92. The number of hydrogen-bond acceptors (Lipinski definition) is 11. The monoisotopic (exact) mass is 785 g/mol. The highest BCUT2D eigenvalue weighted by atomic mass is 32.2. The van der Waals surface area contributed by atoms with E-state index in [4.69, 9.17) is 28.8 Å². The Kier molecular flexibility index (Phi) is 15.2. The number of carboxylic acid groups (broad SMARTS) is 1. The van der Waals surface area contributed by atoms with Crippen LogP contribution in [0.2, 0.25) is 0 Å². The molecule has 0 unspecified atom stereocenters. The number of likely N-dealkylation sites (N-methyl/N-ethyl adjacent to an activating group) is 1. The largest absolute Gasteiger partial charge is 0.493 e. The van der Waals surface area contributed by atoms with Crippen LogP contribution in [0.3, 0.4) is 0 Å². The Hall–Kier alpha value is -5.42. The van der Waals surface area contributed by atoms with E-state index in [0.29, 0.717) is 79.6 Å². The van der Waals surface area contributed by atoms with Crippen molar-refractivity contribution in [3.8, 4) is 34.5 Å². The van der Waals surface area contributed by atoms with Gasteiger partial charge in [0.05, 0.1) is 55.6 Å². The number of nitrogens with zero attached hydrogens (tertiary/aromatic N) is 3. The number of aliphatic carboxylic acids is 1. The van der Waals surface area contributed by atoms with Gasteiger partial charge in [0, 0.05) is 57.4 Å². The summed E-state index contributed by atoms with van der Waals surface area (Å²) >= 11 is 0. The van der Waals surface area contributed by atoms with Crippen LogP contribution in [-0.4, -0.2) is 93.6 Å². The van der Waals surface area contributed by atoms with Crippen molar-refractivity contribution in [1.29, 1.82) is 0 Å². The molecule has 0 radical (unpaired) electrons. The lowest BCUT2D eigenvalue weighted by Gasteiger charge is -2.17. The molecule has 4 rings (SSSR count). The number of unbranched alkanes of at least 4 members (excludes halogenated alkanes) is 2. The minimum atomic E-state index is -4.19. The molecule has 3 aromatic carbocycles. The number of aromatic nitrogens is 2. The first kappa shape index (κ1) is 42.3. The zero-order valence-electron chi connectivity index (χ0n) is 32.2. The Bertz CT molecular complexity index is 2110. The van der Waals surface area contributed by atoms with Gasteiger partial charge in [0.2, 0.25) is 5.91 Å². The van der Waals surface area contributed by atoms with Crippen LogP contribution in [0.25, 0.3) is 11.0 Å². The minimum absolute atomic E-state index is 0.0804. The molecular weight excluding hydrogens is 735 g/mol. The molecule has 0 saturated carbocycles.